The number of anilines is 1. The fourth-order valence-electron chi connectivity index (χ4n) is 1.56. The van der Waals surface area contributed by atoms with Gasteiger partial charge < -0.3 is 5.32 Å². The Morgan fingerprint density at radius 2 is 2.33 bits per heavy atom. The number of sulfone groups is 1. The van der Waals surface area contributed by atoms with Crippen molar-refractivity contribution < 1.29 is 8.42 Å². The summed E-state index contributed by atoms with van der Waals surface area (Å²) in [4.78, 5) is 0. The molecule has 84 valence electrons. The van der Waals surface area contributed by atoms with Gasteiger partial charge in [-0.1, -0.05) is 11.6 Å². The zero-order valence-electron chi connectivity index (χ0n) is 7.81. The van der Waals surface area contributed by atoms with E-state index in [4.69, 9.17) is 11.6 Å². The van der Waals surface area contributed by atoms with Crippen LogP contribution in [-0.4, -0.2) is 35.2 Å². The zero-order chi connectivity index (χ0) is 10.9. The van der Waals surface area contributed by atoms with Crippen LogP contribution in [-0.2, 0) is 9.84 Å². The molecule has 15 heavy (non-hydrogen) atoms. The van der Waals surface area contributed by atoms with Crippen molar-refractivity contribution in [2.24, 2.45) is 5.92 Å². The fourth-order valence-corrected chi connectivity index (χ4v) is 4.10. The summed E-state index contributed by atoms with van der Waals surface area (Å²) < 4.78 is 30.1. The van der Waals surface area contributed by atoms with E-state index in [0.29, 0.717) is 29.7 Å². The molecule has 0 radical (unpaired) electrons. The standard InChI is InChI=1S/C7H10ClN3O2S2/c8-6-7(11-14-10-6)9-3-5-1-2-15(12,13)4-5/h5H,1-4H2,(H,9,11). The molecule has 0 bridgehead atoms. The van der Waals surface area contributed by atoms with Crippen molar-refractivity contribution in [1.82, 2.24) is 8.75 Å². The molecule has 2 rings (SSSR count). The van der Waals surface area contributed by atoms with Crippen molar-refractivity contribution in [3.8, 4) is 0 Å². The molecule has 0 saturated carbocycles. The first-order valence-corrected chi connectivity index (χ1v) is 7.42. The highest BCUT2D eigenvalue weighted by Crippen LogP contribution is 2.21. The summed E-state index contributed by atoms with van der Waals surface area (Å²) in [6.07, 6.45) is 0.713. The number of hydrogen-bond donors (Lipinski definition) is 1. The zero-order valence-corrected chi connectivity index (χ0v) is 10.2. The Balaban J connectivity index is 1.88. The molecule has 2 heterocycles. The quantitative estimate of drug-likeness (QED) is 0.886. The maximum absolute atomic E-state index is 11.2. The van der Waals surface area contributed by atoms with E-state index >= 15 is 0 Å². The van der Waals surface area contributed by atoms with Gasteiger partial charge in [0.1, 0.15) is 0 Å². The first-order chi connectivity index (χ1) is 7.07. The molecule has 1 unspecified atom stereocenters. The van der Waals surface area contributed by atoms with Crippen LogP contribution in [0.1, 0.15) is 6.42 Å². The van der Waals surface area contributed by atoms with E-state index in [2.05, 4.69) is 14.1 Å². The normalized spacial score (nSPS) is 24.2. The molecule has 1 atom stereocenters. The molecule has 5 nitrogen and oxygen atoms in total. The minimum absolute atomic E-state index is 0.160. The lowest BCUT2D eigenvalue weighted by Crippen LogP contribution is -2.15. The summed E-state index contributed by atoms with van der Waals surface area (Å²) in [7, 11) is -2.80. The van der Waals surface area contributed by atoms with Crippen LogP contribution in [0.25, 0.3) is 0 Å². The molecule has 0 amide bonds. The highest BCUT2D eigenvalue weighted by atomic mass is 35.5. The van der Waals surface area contributed by atoms with Gasteiger partial charge in [0.05, 0.1) is 23.2 Å². The SMILES string of the molecule is O=S1(=O)CCC(CNc2nsnc2Cl)C1. The van der Waals surface area contributed by atoms with Crippen LogP contribution >= 0.6 is 23.3 Å². The van der Waals surface area contributed by atoms with Gasteiger partial charge in [0.15, 0.2) is 20.8 Å². The van der Waals surface area contributed by atoms with Crippen molar-refractivity contribution in [3.63, 3.8) is 0 Å². The number of aromatic nitrogens is 2. The molecule has 1 aliphatic rings. The summed E-state index contributed by atoms with van der Waals surface area (Å²) in [6, 6.07) is 0. The summed E-state index contributed by atoms with van der Waals surface area (Å²) in [5.74, 6) is 1.26. The maximum atomic E-state index is 11.2. The van der Waals surface area contributed by atoms with E-state index in [1.807, 2.05) is 0 Å². The number of rotatable bonds is 3. The lowest BCUT2D eigenvalue weighted by molar-refractivity contribution is 0.596. The van der Waals surface area contributed by atoms with Crippen LogP contribution in [0.15, 0.2) is 0 Å². The van der Waals surface area contributed by atoms with Crippen molar-refractivity contribution in [1.29, 1.82) is 0 Å². The summed E-state index contributed by atoms with van der Waals surface area (Å²) in [6.45, 7) is 0.588. The molecule has 0 spiro atoms. The van der Waals surface area contributed by atoms with E-state index in [1.54, 1.807) is 0 Å². The van der Waals surface area contributed by atoms with Crippen LogP contribution in [0.2, 0.25) is 5.15 Å². The third-order valence-electron chi connectivity index (χ3n) is 2.33. The molecular formula is C7H10ClN3O2S2. The van der Waals surface area contributed by atoms with Gasteiger partial charge in [0.25, 0.3) is 0 Å². The summed E-state index contributed by atoms with van der Waals surface area (Å²) in [5, 5.41) is 3.36. The van der Waals surface area contributed by atoms with Gasteiger partial charge in [-0.25, -0.2) is 8.42 Å². The smallest absolute Gasteiger partial charge is 0.186 e. The Bertz CT molecular complexity index is 445. The number of nitrogens with one attached hydrogen (secondary N) is 1. The van der Waals surface area contributed by atoms with Gasteiger partial charge in [0.2, 0.25) is 0 Å². The highest BCUT2D eigenvalue weighted by Gasteiger charge is 2.27. The van der Waals surface area contributed by atoms with E-state index < -0.39 is 9.84 Å². The van der Waals surface area contributed by atoms with Crippen molar-refractivity contribution >= 4 is 39.0 Å². The average molecular weight is 268 g/mol. The molecule has 1 aromatic heterocycles. The first-order valence-electron chi connectivity index (χ1n) is 4.49. The third kappa shape index (κ3) is 2.79. The van der Waals surface area contributed by atoms with Gasteiger partial charge in [0, 0.05) is 6.54 Å². The lowest BCUT2D eigenvalue weighted by atomic mass is 10.1. The average Bonchev–Trinajstić information content (AvgIpc) is 2.69. The Labute approximate surface area is 97.1 Å². The number of halogens is 1. The van der Waals surface area contributed by atoms with Crippen molar-refractivity contribution in [2.75, 3.05) is 23.4 Å². The van der Waals surface area contributed by atoms with Gasteiger partial charge in [-0.3, -0.25) is 0 Å². The van der Waals surface area contributed by atoms with E-state index in [9.17, 15) is 8.42 Å². The second-order valence-electron chi connectivity index (χ2n) is 3.55. The van der Waals surface area contributed by atoms with Crippen LogP contribution in [0, 0.1) is 5.92 Å². The minimum atomic E-state index is -2.80. The topological polar surface area (TPSA) is 72.0 Å². The molecule has 1 aliphatic heterocycles. The van der Waals surface area contributed by atoms with Gasteiger partial charge in [-0.05, 0) is 12.3 Å². The Morgan fingerprint density at radius 1 is 1.53 bits per heavy atom. The van der Waals surface area contributed by atoms with E-state index in [-0.39, 0.29) is 11.7 Å². The molecule has 1 fully saturated rings. The fraction of sp³-hybridized carbons (Fsp3) is 0.714. The van der Waals surface area contributed by atoms with Gasteiger partial charge >= 0.3 is 0 Å². The second kappa shape index (κ2) is 4.23. The molecule has 0 aliphatic carbocycles. The van der Waals surface area contributed by atoms with Crippen LogP contribution in [0.5, 0.6) is 0 Å². The first kappa shape index (κ1) is 11.1. The monoisotopic (exact) mass is 267 g/mol. The molecular weight excluding hydrogens is 258 g/mol. The van der Waals surface area contributed by atoms with Crippen LogP contribution < -0.4 is 5.32 Å². The van der Waals surface area contributed by atoms with Gasteiger partial charge in [-0.2, -0.15) is 8.75 Å². The maximum Gasteiger partial charge on any atom is 0.186 e. The van der Waals surface area contributed by atoms with Gasteiger partial charge in [-0.15, -0.1) is 0 Å². The summed E-state index contributed by atoms with van der Waals surface area (Å²) in [5.41, 5.74) is 0. The van der Waals surface area contributed by atoms with E-state index in [0.717, 1.165) is 11.7 Å². The van der Waals surface area contributed by atoms with Crippen LogP contribution in [0.3, 0.4) is 0 Å². The largest absolute Gasteiger partial charge is 0.366 e. The number of hydrogen-bond acceptors (Lipinski definition) is 6. The lowest BCUT2D eigenvalue weighted by Gasteiger charge is -2.07. The molecule has 1 aromatic rings. The molecule has 1 N–H and O–H groups in total. The predicted molar refractivity (Wildman–Crippen MR) is 60.2 cm³/mol. The Hall–Kier alpha value is -0.400. The highest BCUT2D eigenvalue weighted by molar-refractivity contribution is 7.91. The number of nitrogens with zero attached hydrogens (tertiary/aromatic N) is 2. The Morgan fingerprint density at radius 3 is 2.87 bits per heavy atom. The van der Waals surface area contributed by atoms with Crippen molar-refractivity contribution in [3.05, 3.63) is 5.15 Å². The molecule has 8 heteroatoms. The van der Waals surface area contributed by atoms with E-state index in [1.165, 1.54) is 0 Å². The van der Waals surface area contributed by atoms with Crippen molar-refractivity contribution in [2.45, 2.75) is 6.42 Å². The minimum Gasteiger partial charge on any atom is -0.366 e. The predicted octanol–water partition coefficient (Wildman–Crippen LogP) is 1.04. The van der Waals surface area contributed by atoms with Crippen LogP contribution in [0.4, 0.5) is 5.82 Å². The molecule has 1 saturated heterocycles. The summed E-state index contributed by atoms with van der Waals surface area (Å²) >= 11 is 6.77. The molecule has 0 aromatic carbocycles. The Kier molecular flexibility index (Phi) is 3.13. The third-order valence-corrected chi connectivity index (χ3v) is 5.06. The second-order valence-corrected chi connectivity index (χ2v) is 6.67.